The minimum Gasteiger partial charge on any atom is -0.393 e. The molecule has 0 rings (SSSR count). The van der Waals surface area contributed by atoms with Crippen molar-refractivity contribution >= 4 is 0 Å². The van der Waals surface area contributed by atoms with Gasteiger partial charge in [0.25, 0.3) is 0 Å². The van der Waals surface area contributed by atoms with E-state index in [0.717, 1.165) is 0 Å². The smallest absolute Gasteiger partial charge is 0.121 e. The van der Waals surface area contributed by atoms with Gasteiger partial charge in [-0.3, -0.25) is 0 Å². The van der Waals surface area contributed by atoms with E-state index >= 15 is 0 Å². The number of aliphatic hydroxyl groups excluding tert-OH is 4. The summed E-state index contributed by atoms with van der Waals surface area (Å²) < 4.78 is 0. The largest absolute Gasteiger partial charge is 0.393 e. The van der Waals surface area contributed by atoms with Crippen molar-refractivity contribution < 1.29 is 20.4 Å². The molecule has 4 N–H and O–H groups in total. The molecule has 2 atom stereocenters. The molecule has 0 saturated heterocycles. The van der Waals surface area contributed by atoms with Crippen LogP contribution in [0.15, 0.2) is 0 Å². The molecule has 0 aromatic rings. The molecule has 0 aliphatic rings. The molecule has 73 valence electrons. The average molecular weight is 177 g/mol. The summed E-state index contributed by atoms with van der Waals surface area (Å²) in [7, 11) is 0. The highest BCUT2D eigenvalue weighted by Gasteiger charge is 2.14. The van der Waals surface area contributed by atoms with Gasteiger partial charge in [0.1, 0.15) is 6.10 Å². The molecule has 0 spiro atoms. The topological polar surface area (TPSA) is 80.9 Å². The molecule has 2 unspecified atom stereocenters. The zero-order chi connectivity index (χ0) is 9.56. The van der Waals surface area contributed by atoms with Gasteiger partial charge in [-0.15, -0.1) is 0 Å². The van der Waals surface area contributed by atoms with E-state index in [1.54, 1.807) is 0 Å². The lowest BCUT2D eigenvalue weighted by Crippen LogP contribution is -2.20. The van der Waals surface area contributed by atoms with E-state index in [4.69, 9.17) is 15.3 Å². The van der Waals surface area contributed by atoms with Crippen LogP contribution >= 0.6 is 0 Å². The van der Waals surface area contributed by atoms with Crippen molar-refractivity contribution in [1.29, 1.82) is 0 Å². The van der Waals surface area contributed by atoms with E-state index in [9.17, 15) is 5.11 Å². The van der Waals surface area contributed by atoms with Crippen molar-refractivity contribution in [2.75, 3.05) is 6.61 Å². The highest BCUT2D eigenvalue weighted by atomic mass is 16.3. The van der Waals surface area contributed by atoms with Crippen molar-refractivity contribution in [3.8, 4) is 0 Å². The first-order valence-electron chi connectivity index (χ1n) is 4.10. The minimum atomic E-state index is -0.771. The van der Waals surface area contributed by atoms with E-state index < -0.39 is 18.8 Å². The van der Waals surface area contributed by atoms with Crippen molar-refractivity contribution in [3.05, 3.63) is 6.10 Å². The Bertz CT molecular complexity index is 95.2. The summed E-state index contributed by atoms with van der Waals surface area (Å²) in [6.45, 7) is 1.38. The van der Waals surface area contributed by atoms with Crippen molar-refractivity contribution in [2.24, 2.45) is 0 Å². The van der Waals surface area contributed by atoms with Gasteiger partial charge in [-0.25, -0.2) is 0 Å². The van der Waals surface area contributed by atoms with Crippen LogP contribution in [-0.2, 0) is 0 Å². The van der Waals surface area contributed by atoms with Gasteiger partial charge in [-0.05, 0) is 12.8 Å². The molecular formula is C8H17O4. The maximum atomic E-state index is 9.20. The molecule has 4 heteroatoms. The van der Waals surface area contributed by atoms with E-state index in [1.807, 2.05) is 6.92 Å². The second kappa shape index (κ2) is 6.37. The third kappa shape index (κ3) is 5.49. The monoisotopic (exact) mass is 177 g/mol. The fraction of sp³-hybridized carbons (Fsp3) is 0.875. The Kier molecular flexibility index (Phi) is 6.28. The van der Waals surface area contributed by atoms with Crippen LogP contribution in [0.5, 0.6) is 0 Å². The lowest BCUT2D eigenvalue weighted by atomic mass is 10.0. The standard InChI is InChI=1S/C8H17O4/c1-2-6(10)3-7(11)4-8(12)5-9/h6-7,9-12H,2-5H2,1H3. The predicted octanol–water partition coefficient (Wildman–Crippen LogP) is -0.205. The molecule has 0 aliphatic heterocycles. The van der Waals surface area contributed by atoms with E-state index in [2.05, 4.69) is 0 Å². The molecular weight excluding hydrogens is 160 g/mol. The molecule has 0 aromatic carbocycles. The second-order valence-corrected chi connectivity index (χ2v) is 2.88. The van der Waals surface area contributed by atoms with Crippen LogP contribution in [0.4, 0.5) is 0 Å². The van der Waals surface area contributed by atoms with Crippen LogP contribution < -0.4 is 0 Å². The van der Waals surface area contributed by atoms with Gasteiger partial charge in [0.15, 0.2) is 0 Å². The molecule has 0 amide bonds. The zero-order valence-corrected chi connectivity index (χ0v) is 7.27. The van der Waals surface area contributed by atoms with Gasteiger partial charge in [-0.2, -0.15) is 0 Å². The average Bonchev–Trinajstić information content (AvgIpc) is 2.03. The van der Waals surface area contributed by atoms with Gasteiger partial charge in [0.2, 0.25) is 0 Å². The number of hydrogen-bond donors (Lipinski definition) is 4. The maximum absolute atomic E-state index is 9.20. The molecule has 1 radical (unpaired) electrons. The minimum absolute atomic E-state index is 0.0353. The highest BCUT2D eigenvalue weighted by molar-refractivity contribution is 4.79. The van der Waals surface area contributed by atoms with Crippen LogP contribution in [0.3, 0.4) is 0 Å². The molecule has 0 aromatic heterocycles. The van der Waals surface area contributed by atoms with Crippen LogP contribution in [0.1, 0.15) is 26.2 Å². The van der Waals surface area contributed by atoms with E-state index in [0.29, 0.717) is 6.42 Å². The Labute approximate surface area is 72.5 Å². The highest BCUT2D eigenvalue weighted by Crippen LogP contribution is 2.10. The summed E-state index contributed by atoms with van der Waals surface area (Å²) in [5.41, 5.74) is 0. The molecule has 0 aliphatic carbocycles. The summed E-state index contributed by atoms with van der Waals surface area (Å²) in [4.78, 5) is 0. The third-order valence-corrected chi connectivity index (χ3v) is 1.67. The van der Waals surface area contributed by atoms with Crippen LogP contribution in [-0.4, -0.2) is 39.2 Å². The number of aliphatic hydroxyl groups is 4. The fourth-order valence-corrected chi connectivity index (χ4v) is 0.901. The summed E-state index contributed by atoms with van der Waals surface area (Å²) in [5, 5.41) is 35.6. The van der Waals surface area contributed by atoms with Gasteiger partial charge >= 0.3 is 0 Å². The lowest BCUT2D eigenvalue weighted by Gasteiger charge is -2.15. The Balaban J connectivity index is 3.51. The molecule has 0 saturated carbocycles. The second-order valence-electron chi connectivity index (χ2n) is 2.88. The molecule has 0 heterocycles. The van der Waals surface area contributed by atoms with Crippen LogP contribution in [0, 0.1) is 6.10 Å². The van der Waals surface area contributed by atoms with Gasteiger partial charge in [-0.1, -0.05) is 6.92 Å². The first kappa shape index (κ1) is 11.8. The number of hydrogen-bond acceptors (Lipinski definition) is 4. The first-order chi connectivity index (χ1) is 5.60. The Morgan fingerprint density at radius 1 is 1.25 bits per heavy atom. The van der Waals surface area contributed by atoms with Crippen LogP contribution in [0.2, 0.25) is 0 Å². The summed E-state index contributed by atoms with van der Waals surface area (Å²) >= 11 is 0. The Morgan fingerprint density at radius 2 is 1.83 bits per heavy atom. The fourth-order valence-electron chi connectivity index (χ4n) is 0.901. The van der Waals surface area contributed by atoms with Crippen molar-refractivity contribution in [2.45, 2.75) is 38.4 Å². The Morgan fingerprint density at radius 3 is 2.25 bits per heavy atom. The molecule has 12 heavy (non-hydrogen) atoms. The normalized spacial score (nSPS) is 16.5. The van der Waals surface area contributed by atoms with E-state index in [1.165, 1.54) is 0 Å². The predicted molar refractivity (Wildman–Crippen MR) is 43.8 cm³/mol. The lowest BCUT2D eigenvalue weighted by molar-refractivity contribution is 0.0548. The van der Waals surface area contributed by atoms with Crippen molar-refractivity contribution in [1.82, 2.24) is 0 Å². The summed E-state index contributed by atoms with van der Waals surface area (Å²) in [6, 6.07) is 0. The first-order valence-corrected chi connectivity index (χ1v) is 4.10. The van der Waals surface area contributed by atoms with Gasteiger partial charge in [0.05, 0.1) is 18.8 Å². The molecule has 0 fully saturated rings. The van der Waals surface area contributed by atoms with Gasteiger partial charge < -0.3 is 20.4 Å². The summed E-state index contributed by atoms with van der Waals surface area (Å²) in [5.74, 6) is 0. The molecule has 4 nitrogen and oxygen atoms in total. The quantitative estimate of drug-likeness (QED) is 0.453. The third-order valence-electron chi connectivity index (χ3n) is 1.67. The Hall–Kier alpha value is -0.160. The molecule has 0 bridgehead atoms. The van der Waals surface area contributed by atoms with Crippen molar-refractivity contribution in [3.63, 3.8) is 0 Å². The van der Waals surface area contributed by atoms with Gasteiger partial charge in [0, 0.05) is 6.42 Å². The van der Waals surface area contributed by atoms with E-state index in [-0.39, 0.29) is 18.9 Å². The zero-order valence-electron chi connectivity index (χ0n) is 7.27. The SMILES string of the molecule is CCC(O)CC(O)C[C](O)CO. The van der Waals surface area contributed by atoms with Crippen LogP contribution in [0.25, 0.3) is 0 Å². The summed E-state index contributed by atoms with van der Waals surface area (Å²) in [6.07, 6.45) is -0.602. The number of rotatable bonds is 6. The maximum Gasteiger partial charge on any atom is 0.121 e.